The fourth-order valence-corrected chi connectivity index (χ4v) is 5.44. The summed E-state index contributed by atoms with van der Waals surface area (Å²) in [6.07, 6.45) is 0.195. The van der Waals surface area contributed by atoms with E-state index in [9.17, 15) is 22.8 Å². The Balaban J connectivity index is 1.77. The smallest absolute Gasteiger partial charge is 0.338 e. The molecule has 0 aliphatic rings. The van der Waals surface area contributed by atoms with Crippen molar-refractivity contribution in [2.24, 2.45) is 0 Å². The molecule has 0 aliphatic carbocycles. The molecule has 0 spiro atoms. The van der Waals surface area contributed by atoms with E-state index in [0.29, 0.717) is 22.1 Å². The lowest BCUT2D eigenvalue weighted by molar-refractivity contribution is -0.123. The summed E-state index contributed by atoms with van der Waals surface area (Å²) >= 11 is 12.2. The van der Waals surface area contributed by atoms with Crippen LogP contribution >= 0.6 is 23.2 Å². The van der Waals surface area contributed by atoms with Gasteiger partial charge in [-0.2, -0.15) is 0 Å². The van der Waals surface area contributed by atoms with E-state index < -0.39 is 28.0 Å². The van der Waals surface area contributed by atoms with Crippen LogP contribution in [0.2, 0.25) is 10.0 Å². The number of rotatable bonds is 10. The monoisotopic (exact) mass is 589 g/mol. The highest BCUT2D eigenvalue weighted by molar-refractivity contribution is 7.93. The van der Waals surface area contributed by atoms with Gasteiger partial charge in [-0.25, -0.2) is 13.2 Å². The Morgan fingerprint density at radius 3 is 2.13 bits per heavy atom. The molecule has 0 saturated carbocycles. The van der Waals surface area contributed by atoms with Gasteiger partial charge in [-0.1, -0.05) is 29.3 Å². The van der Waals surface area contributed by atoms with Gasteiger partial charge >= 0.3 is 5.97 Å². The highest BCUT2D eigenvalue weighted by Crippen LogP contribution is 2.30. The van der Waals surface area contributed by atoms with Gasteiger partial charge in [-0.05, 0) is 73.7 Å². The highest BCUT2D eigenvalue weighted by atomic mass is 35.5. The molecule has 39 heavy (non-hydrogen) atoms. The van der Waals surface area contributed by atoms with Crippen molar-refractivity contribution in [1.82, 2.24) is 0 Å². The van der Waals surface area contributed by atoms with E-state index >= 15 is 0 Å². The van der Waals surface area contributed by atoms with Crippen molar-refractivity contribution in [3.63, 3.8) is 0 Å². The van der Waals surface area contributed by atoms with Gasteiger partial charge in [-0.15, -0.1) is 6.58 Å². The maximum absolute atomic E-state index is 13.5. The minimum atomic E-state index is -4.24. The second kappa shape index (κ2) is 12.8. The Morgan fingerprint density at radius 1 is 0.974 bits per heavy atom. The zero-order valence-electron chi connectivity index (χ0n) is 21.0. The fraction of sp³-hybridized carbons (Fsp3) is 0.148. The maximum atomic E-state index is 13.5. The van der Waals surface area contributed by atoms with E-state index in [0.717, 1.165) is 10.4 Å². The number of nitrogens with one attached hydrogen (secondary N) is 2. The molecule has 0 saturated heterocycles. The van der Waals surface area contributed by atoms with Crippen LogP contribution in [-0.4, -0.2) is 38.9 Å². The third-order valence-electron chi connectivity index (χ3n) is 5.27. The van der Waals surface area contributed by atoms with E-state index in [-0.39, 0.29) is 27.9 Å². The van der Waals surface area contributed by atoms with Gasteiger partial charge in [0.05, 0.1) is 22.8 Å². The van der Waals surface area contributed by atoms with Crippen molar-refractivity contribution < 1.29 is 27.5 Å². The van der Waals surface area contributed by atoms with E-state index in [4.69, 9.17) is 27.9 Å². The standard InChI is InChI=1S/C27H25Cl2N3O6S/c1-4-15-32(23-12-6-20(28)7-13-23)39(36,37)25-16-19(5-14-24(25)29)27(35)38-17(2)26(34)31-22-10-8-21(9-11-22)30-18(3)33/h4-14,16-17H,1,15H2,2-3H3,(H,30,33)(H,31,34)/t17-/m0/s1. The van der Waals surface area contributed by atoms with Crippen LogP contribution in [0.5, 0.6) is 0 Å². The summed E-state index contributed by atoms with van der Waals surface area (Å²) in [5.41, 5.74) is 1.17. The topological polar surface area (TPSA) is 122 Å². The number of hydrogen-bond donors (Lipinski definition) is 2. The Hall–Kier alpha value is -3.86. The van der Waals surface area contributed by atoms with Crippen molar-refractivity contribution in [1.29, 1.82) is 0 Å². The predicted octanol–water partition coefficient (Wildman–Crippen LogP) is 5.52. The predicted molar refractivity (Wildman–Crippen MR) is 152 cm³/mol. The second-order valence-electron chi connectivity index (χ2n) is 8.24. The normalized spacial score (nSPS) is 11.7. The van der Waals surface area contributed by atoms with Crippen LogP contribution in [0.15, 0.2) is 84.3 Å². The number of anilines is 3. The van der Waals surface area contributed by atoms with Crippen molar-refractivity contribution in [3.05, 3.63) is 95.0 Å². The third-order valence-corrected chi connectivity index (χ3v) is 7.80. The molecular weight excluding hydrogens is 565 g/mol. The first kappa shape index (κ1) is 29.7. The molecule has 204 valence electrons. The molecule has 0 fully saturated rings. The van der Waals surface area contributed by atoms with Gasteiger partial charge in [0, 0.05) is 23.3 Å². The molecule has 1 atom stereocenters. The Bertz CT molecular complexity index is 1490. The quantitative estimate of drug-likeness (QED) is 0.237. The van der Waals surface area contributed by atoms with Gasteiger partial charge in [0.2, 0.25) is 5.91 Å². The molecule has 12 heteroatoms. The largest absolute Gasteiger partial charge is 0.449 e. The summed E-state index contributed by atoms with van der Waals surface area (Å²) < 4.78 is 33.4. The number of ether oxygens (including phenoxy) is 1. The zero-order valence-corrected chi connectivity index (χ0v) is 23.3. The van der Waals surface area contributed by atoms with Crippen LogP contribution in [0.25, 0.3) is 0 Å². The Kier molecular flexibility index (Phi) is 9.74. The van der Waals surface area contributed by atoms with E-state index in [1.807, 2.05) is 0 Å². The average molecular weight is 590 g/mol. The lowest BCUT2D eigenvalue weighted by Gasteiger charge is -2.24. The molecular formula is C27H25Cl2N3O6S. The number of amides is 2. The Morgan fingerprint density at radius 2 is 1.56 bits per heavy atom. The van der Waals surface area contributed by atoms with Gasteiger partial charge in [0.1, 0.15) is 4.90 Å². The minimum Gasteiger partial charge on any atom is -0.449 e. The molecule has 0 radical (unpaired) electrons. The number of hydrogen-bond acceptors (Lipinski definition) is 6. The molecule has 0 heterocycles. The minimum absolute atomic E-state index is 0.0715. The highest BCUT2D eigenvalue weighted by Gasteiger charge is 2.28. The number of esters is 1. The number of sulfonamides is 1. The zero-order chi connectivity index (χ0) is 28.7. The molecule has 0 aliphatic heterocycles. The third kappa shape index (κ3) is 7.60. The van der Waals surface area contributed by atoms with E-state index in [2.05, 4.69) is 17.2 Å². The van der Waals surface area contributed by atoms with Crippen molar-refractivity contribution >= 4 is 68.1 Å². The molecule has 0 bridgehead atoms. The summed E-state index contributed by atoms with van der Waals surface area (Å²) in [4.78, 5) is 36.2. The van der Waals surface area contributed by atoms with Crippen molar-refractivity contribution in [2.45, 2.75) is 24.8 Å². The fourth-order valence-electron chi connectivity index (χ4n) is 3.38. The molecule has 2 amide bonds. The summed E-state index contributed by atoms with van der Waals surface area (Å²) in [5.74, 6) is -1.77. The summed E-state index contributed by atoms with van der Waals surface area (Å²) in [6, 6.07) is 16.2. The van der Waals surface area contributed by atoms with Crippen molar-refractivity contribution in [3.8, 4) is 0 Å². The molecule has 0 unspecified atom stereocenters. The van der Waals surface area contributed by atoms with Gasteiger partial charge in [0.25, 0.3) is 15.9 Å². The number of carbonyl (C=O) groups is 3. The first-order valence-corrected chi connectivity index (χ1v) is 13.7. The lowest BCUT2D eigenvalue weighted by Crippen LogP contribution is -2.32. The Labute approximate surface area is 236 Å². The summed E-state index contributed by atoms with van der Waals surface area (Å²) in [5, 5.41) is 5.53. The van der Waals surface area contributed by atoms with Crippen LogP contribution in [0.4, 0.5) is 17.1 Å². The molecule has 3 aromatic carbocycles. The molecule has 3 rings (SSSR count). The molecule has 9 nitrogen and oxygen atoms in total. The van der Waals surface area contributed by atoms with Crippen LogP contribution in [0, 0.1) is 0 Å². The van der Waals surface area contributed by atoms with Gasteiger partial charge in [0.15, 0.2) is 6.10 Å². The molecule has 0 aromatic heterocycles. The molecule has 3 aromatic rings. The van der Waals surface area contributed by atoms with Gasteiger partial charge < -0.3 is 15.4 Å². The molecule has 2 N–H and O–H groups in total. The van der Waals surface area contributed by atoms with Crippen molar-refractivity contribution in [2.75, 3.05) is 21.5 Å². The average Bonchev–Trinajstić information content (AvgIpc) is 2.88. The van der Waals surface area contributed by atoms with E-state index in [1.54, 1.807) is 36.4 Å². The summed E-state index contributed by atoms with van der Waals surface area (Å²) in [7, 11) is -4.24. The van der Waals surface area contributed by atoms with Crippen LogP contribution in [0.3, 0.4) is 0 Å². The summed E-state index contributed by atoms with van der Waals surface area (Å²) in [6.45, 7) is 6.30. The SMILES string of the molecule is C=CCN(c1ccc(Cl)cc1)S(=O)(=O)c1cc(C(=O)O[C@@H](C)C(=O)Nc2ccc(NC(C)=O)cc2)ccc1Cl. The number of halogens is 2. The first-order chi connectivity index (χ1) is 18.4. The van der Waals surface area contributed by atoms with Gasteiger partial charge in [-0.3, -0.25) is 13.9 Å². The van der Waals surface area contributed by atoms with E-state index in [1.165, 1.54) is 44.2 Å². The first-order valence-electron chi connectivity index (χ1n) is 11.5. The van der Waals surface area contributed by atoms with Crippen LogP contribution < -0.4 is 14.9 Å². The lowest BCUT2D eigenvalue weighted by atomic mass is 10.2. The van der Waals surface area contributed by atoms with Crippen LogP contribution in [-0.2, 0) is 24.3 Å². The number of benzene rings is 3. The number of nitrogens with zero attached hydrogens (tertiary/aromatic N) is 1. The maximum Gasteiger partial charge on any atom is 0.338 e. The second-order valence-corrected chi connectivity index (χ2v) is 10.9. The number of carbonyl (C=O) groups excluding carboxylic acids is 3. The van der Waals surface area contributed by atoms with Crippen LogP contribution in [0.1, 0.15) is 24.2 Å².